The number of rotatable bonds is 3. The van der Waals surface area contributed by atoms with Crippen molar-refractivity contribution < 1.29 is 14.0 Å². The van der Waals surface area contributed by atoms with Crippen molar-refractivity contribution >= 4 is 27.7 Å². The minimum Gasteiger partial charge on any atom is -0.444 e. The van der Waals surface area contributed by atoms with Crippen LogP contribution < -0.4 is 5.32 Å². The zero-order valence-corrected chi connectivity index (χ0v) is 13.1. The molecule has 2 rings (SSSR count). The number of hydrogen-bond acceptors (Lipinski definition) is 4. The quantitative estimate of drug-likeness (QED) is 0.886. The number of carbonyl (C=O) groups excluding carboxylic acids is 2. The van der Waals surface area contributed by atoms with Crippen LogP contribution in [-0.2, 0) is 4.79 Å². The molecule has 0 radical (unpaired) electrons. The molecule has 6 nitrogen and oxygen atoms in total. The molecule has 1 saturated heterocycles. The summed E-state index contributed by atoms with van der Waals surface area (Å²) in [6.07, 6.45) is 0. The molecule has 2 amide bonds. The first-order chi connectivity index (χ1) is 9.47. The van der Waals surface area contributed by atoms with Gasteiger partial charge in [0, 0.05) is 32.7 Å². The van der Waals surface area contributed by atoms with E-state index in [2.05, 4.69) is 21.2 Å². The molecule has 1 aromatic heterocycles. The van der Waals surface area contributed by atoms with Gasteiger partial charge in [0.2, 0.25) is 5.91 Å². The first-order valence-electron chi connectivity index (χ1n) is 6.49. The Bertz CT molecular complexity index is 503. The predicted octanol–water partition coefficient (Wildman–Crippen LogP) is 0.934. The van der Waals surface area contributed by atoms with Crippen LogP contribution in [0.1, 0.15) is 17.5 Å². The molecule has 20 heavy (non-hydrogen) atoms. The van der Waals surface area contributed by atoms with Gasteiger partial charge in [0.25, 0.3) is 5.91 Å². The van der Waals surface area contributed by atoms with Gasteiger partial charge in [-0.05, 0) is 35.0 Å². The Morgan fingerprint density at radius 2 is 2.30 bits per heavy atom. The molecule has 0 aromatic carbocycles. The van der Waals surface area contributed by atoms with E-state index in [0.717, 1.165) is 6.54 Å². The summed E-state index contributed by atoms with van der Waals surface area (Å²) in [7, 11) is 1.60. The van der Waals surface area contributed by atoms with Gasteiger partial charge in [-0.3, -0.25) is 9.59 Å². The zero-order valence-electron chi connectivity index (χ0n) is 11.6. The molecule has 1 unspecified atom stereocenters. The van der Waals surface area contributed by atoms with E-state index in [4.69, 9.17) is 4.42 Å². The lowest BCUT2D eigenvalue weighted by Gasteiger charge is -2.32. The van der Waals surface area contributed by atoms with E-state index in [1.807, 2.05) is 6.92 Å². The number of hydrogen-bond donors (Lipinski definition) is 1. The number of furan rings is 1. The lowest BCUT2D eigenvalue weighted by atomic mass is 10.2. The standard InChI is InChI=1S/C13H18BrN3O3/c1-9-7-17(6-5-15-9)12(18)8-16(2)13(19)10-3-4-11(14)20-10/h3-4,9,15H,5-8H2,1-2H3. The fraction of sp³-hybridized carbons (Fsp3) is 0.538. The molecule has 110 valence electrons. The Balaban J connectivity index is 1.91. The number of likely N-dealkylation sites (N-methyl/N-ethyl adjacent to an activating group) is 1. The van der Waals surface area contributed by atoms with Gasteiger partial charge in [-0.1, -0.05) is 0 Å². The van der Waals surface area contributed by atoms with Crippen molar-refractivity contribution in [2.45, 2.75) is 13.0 Å². The van der Waals surface area contributed by atoms with Crippen molar-refractivity contribution in [3.05, 3.63) is 22.6 Å². The van der Waals surface area contributed by atoms with Crippen LogP contribution in [-0.4, -0.2) is 60.9 Å². The highest BCUT2D eigenvalue weighted by molar-refractivity contribution is 9.10. The molecule has 1 N–H and O–H groups in total. The maximum Gasteiger partial charge on any atom is 0.289 e. The van der Waals surface area contributed by atoms with Crippen molar-refractivity contribution in [2.24, 2.45) is 0 Å². The molecule has 0 spiro atoms. The summed E-state index contributed by atoms with van der Waals surface area (Å²) in [6, 6.07) is 3.52. The maximum atomic E-state index is 12.2. The zero-order chi connectivity index (χ0) is 14.7. The van der Waals surface area contributed by atoms with Crippen LogP contribution in [0.4, 0.5) is 0 Å². The first kappa shape index (κ1) is 15.1. The average Bonchev–Trinajstić information content (AvgIpc) is 2.84. The van der Waals surface area contributed by atoms with Gasteiger partial charge in [-0.2, -0.15) is 0 Å². The normalized spacial score (nSPS) is 18.9. The fourth-order valence-corrected chi connectivity index (χ4v) is 2.46. The summed E-state index contributed by atoms with van der Waals surface area (Å²) in [4.78, 5) is 27.4. The van der Waals surface area contributed by atoms with Crippen LogP contribution in [0.25, 0.3) is 0 Å². The second-order valence-corrected chi connectivity index (χ2v) is 5.74. The number of nitrogens with zero attached hydrogens (tertiary/aromatic N) is 2. The molecule has 1 aliphatic heterocycles. The third kappa shape index (κ3) is 3.61. The van der Waals surface area contributed by atoms with Crippen molar-refractivity contribution in [1.82, 2.24) is 15.1 Å². The summed E-state index contributed by atoms with van der Waals surface area (Å²) < 4.78 is 5.70. The Kier molecular flexibility index (Phi) is 4.82. The van der Waals surface area contributed by atoms with E-state index in [1.165, 1.54) is 4.90 Å². The number of piperazine rings is 1. The minimum absolute atomic E-state index is 0.0418. The van der Waals surface area contributed by atoms with E-state index in [0.29, 0.717) is 17.8 Å². The molecule has 0 saturated carbocycles. The fourth-order valence-electron chi connectivity index (χ4n) is 2.15. The molecule has 0 bridgehead atoms. The van der Waals surface area contributed by atoms with Gasteiger partial charge in [0.15, 0.2) is 10.4 Å². The third-order valence-corrected chi connectivity index (χ3v) is 3.65. The van der Waals surface area contributed by atoms with Gasteiger partial charge in [-0.25, -0.2) is 0 Å². The van der Waals surface area contributed by atoms with Gasteiger partial charge in [-0.15, -0.1) is 0 Å². The Morgan fingerprint density at radius 3 is 2.90 bits per heavy atom. The summed E-state index contributed by atoms with van der Waals surface area (Å²) in [6.45, 7) is 4.24. The van der Waals surface area contributed by atoms with E-state index in [9.17, 15) is 9.59 Å². The Hall–Kier alpha value is -1.34. The molecular weight excluding hydrogens is 326 g/mol. The lowest BCUT2D eigenvalue weighted by molar-refractivity contribution is -0.132. The highest BCUT2D eigenvalue weighted by atomic mass is 79.9. The van der Waals surface area contributed by atoms with Crippen LogP contribution in [0.3, 0.4) is 0 Å². The van der Waals surface area contributed by atoms with Crippen LogP contribution >= 0.6 is 15.9 Å². The van der Waals surface area contributed by atoms with Crippen molar-refractivity contribution in [1.29, 1.82) is 0 Å². The van der Waals surface area contributed by atoms with Crippen LogP contribution in [0, 0.1) is 0 Å². The molecule has 1 fully saturated rings. The monoisotopic (exact) mass is 343 g/mol. The number of nitrogens with one attached hydrogen (secondary N) is 1. The van der Waals surface area contributed by atoms with E-state index < -0.39 is 0 Å². The molecule has 1 aromatic rings. The second kappa shape index (κ2) is 6.41. The van der Waals surface area contributed by atoms with Crippen LogP contribution in [0.2, 0.25) is 0 Å². The number of halogens is 1. The van der Waals surface area contributed by atoms with E-state index >= 15 is 0 Å². The molecular formula is C13H18BrN3O3. The summed E-state index contributed by atoms with van der Waals surface area (Å²) in [5.74, 6) is -0.118. The maximum absolute atomic E-state index is 12.2. The van der Waals surface area contributed by atoms with Crippen molar-refractivity contribution in [3.63, 3.8) is 0 Å². The third-order valence-electron chi connectivity index (χ3n) is 3.22. The van der Waals surface area contributed by atoms with Gasteiger partial charge in [0.1, 0.15) is 0 Å². The van der Waals surface area contributed by atoms with Crippen molar-refractivity contribution in [3.8, 4) is 0 Å². The summed E-state index contributed by atoms with van der Waals surface area (Å²) in [5, 5.41) is 3.28. The highest BCUT2D eigenvalue weighted by Gasteiger charge is 2.24. The van der Waals surface area contributed by atoms with Crippen LogP contribution in [0.15, 0.2) is 21.2 Å². The SMILES string of the molecule is CC1CN(C(=O)CN(C)C(=O)c2ccc(Br)o2)CCN1. The molecule has 1 atom stereocenters. The number of amides is 2. The second-order valence-electron chi connectivity index (χ2n) is 4.96. The Labute approximate surface area is 126 Å². The van der Waals surface area contributed by atoms with Gasteiger partial charge < -0.3 is 19.5 Å². The smallest absolute Gasteiger partial charge is 0.289 e. The van der Waals surface area contributed by atoms with Gasteiger partial charge in [0.05, 0.1) is 6.54 Å². The summed E-state index contributed by atoms with van der Waals surface area (Å²) in [5.41, 5.74) is 0. The minimum atomic E-state index is -0.299. The molecule has 2 heterocycles. The summed E-state index contributed by atoms with van der Waals surface area (Å²) >= 11 is 3.15. The van der Waals surface area contributed by atoms with E-state index in [1.54, 1.807) is 24.1 Å². The van der Waals surface area contributed by atoms with Crippen molar-refractivity contribution in [2.75, 3.05) is 33.2 Å². The first-order valence-corrected chi connectivity index (χ1v) is 7.28. The molecule has 1 aliphatic rings. The van der Waals surface area contributed by atoms with Gasteiger partial charge >= 0.3 is 0 Å². The topological polar surface area (TPSA) is 65.8 Å². The molecule has 7 heteroatoms. The lowest BCUT2D eigenvalue weighted by Crippen LogP contribution is -2.53. The number of carbonyl (C=O) groups is 2. The average molecular weight is 344 g/mol. The van der Waals surface area contributed by atoms with Crippen LogP contribution in [0.5, 0.6) is 0 Å². The largest absolute Gasteiger partial charge is 0.444 e. The molecule has 0 aliphatic carbocycles. The predicted molar refractivity (Wildman–Crippen MR) is 77.4 cm³/mol. The Morgan fingerprint density at radius 1 is 1.55 bits per heavy atom. The highest BCUT2D eigenvalue weighted by Crippen LogP contribution is 2.15. The van der Waals surface area contributed by atoms with E-state index in [-0.39, 0.29) is 30.2 Å².